The second-order valence-electron chi connectivity index (χ2n) is 5.29. The summed E-state index contributed by atoms with van der Waals surface area (Å²) in [5.41, 5.74) is 0. The van der Waals surface area contributed by atoms with Gasteiger partial charge in [0.05, 0.1) is 19.6 Å². The Morgan fingerprint density at radius 3 is 2.39 bits per heavy atom. The van der Waals surface area contributed by atoms with Gasteiger partial charge in [-0.3, -0.25) is 4.79 Å². The zero-order chi connectivity index (χ0) is 13.1. The zero-order valence-corrected chi connectivity index (χ0v) is 11.4. The van der Waals surface area contributed by atoms with Crippen LogP contribution in [-0.4, -0.2) is 36.8 Å². The topological polar surface area (TPSA) is 54.1 Å². The summed E-state index contributed by atoms with van der Waals surface area (Å²) in [4.78, 5) is 12.8. The molecule has 4 heteroatoms. The van der Waals surface area contributed by atoms with Crippen molar-refractivity contribution in [3.8, 4) is 0 Å². The van der Waals surface area contributed by atoms with Gasteiger partial charge in [-0.15, -0.1) is 0 Å². The Hall–Kier alpha value is -0.900. The molecule has 0 spiro atoms. The minimum Gasteiger partial charge on any atom is -0.411 e. The fourth-order valence-electron chi connectivity index (χ4n) is 2.64. The molecule has 1 heterocycles. The van der Waals surface area contributed by atoms with Gasteiger partial charge in [0.15, 0.2) is 5.78 Å². The Labute approximate surface area is 110 Å². The lowest BCUT2D eigenvalue weighted by atomic mass is 10.1. The summed E-state index contributed by atoms with van der Waals surface area (Å²) >= 11 is 0. The van der Waals surface area contributed by atoms with Crippen molar-refractivity contribution >= 4 is 12.0 Å². The number of hydrogen-bond acceptors (Lipinski definition) is 3. The average molecular weight is 255 g/mol. The van der Waals surface area contributed by atoms with Crippen molar-refractivity contribution in [3.63, 3.8) is 0 Å². The van der Waals surface area contributed by atoms with E-state index in [-0.39, 0.29) is 5.78 Å². The first kappa shape index (κ1) is 15.2. The van der Waals surface area contributed by atoms with Crippen LogP contribution in [-0.2, 0) is 4.79 Å². The zero-order valence-electron chi connectivity index (χ0n) is 11.4. The second kappa shape index (κ2) is 10.1. The summed E-state index contributed by atoms with van der Waals surface area (Å²) in [5.74, 6) is -0.0735. The molecule has 4 nitrogen and oxygen atoms in total. The summed E-state index contributed by atoms with van der Waals surface area (Å²) in [6.07, 6.45) is 11.6. The minimum atomic E-state index is -0.0735. The monoisotopic (exact) mass is 255 g/mol. The summed E-state index contributed by atoms with van der Waals surface area (Å²) in [5, 5.41) is 10.9. The van der Waals surface area contributed by atoms with Crippen LogP contribution in [0.2, 0.25) is 0 Å². The quantitative estimate of drug-likeness (QED) is 0.298. The molecule has 0 aliphatic carbocycles. The van der Waals surface area contributed by atoms with Crippen molar-refractivity contribution in [2.24, 2.45) is 5.16 Å². The van der Waals surface area contributed by atoms with Gasteiger partial charge in [0.25, 0.3) is 0 Å². The van der Waals surface area contributed by atoms with Crippen molar-refractivity contribution < 1.29 is 14.9 Å². The van der Waals surface area contributed by atoms with E-state index >= 15 is 0 Å². The first-order valence-corrected chi connectivity index (χ1v) is 7.37. The number of carbonyl (C=O) groups excluding carboxylic acids is 1. The molecule has 0 saturated carbocycles. The highest BCUT2D eigenvalue weighted by molar-refractivity contribution is 6.27. The number of nitrogens with one attached hydrogen (secondary N) is 1. The van der Waals surface area contributed by atoms with Crippen LogP contribution in [0.1, 0.15) is 57.8 Å². The van der Waals surface area contributed by atoms with Crippen molar-refractivity contribution in [1.82, 2.24) is 0 Å². The van der Waals surface area contributed by atoms with E-state index < -0.39 is 0 Å². The minimum absolute atomic E-state index is 0.0735. The molecule has 104 valence electrons. The highest BCUT2D eigenvalue weighted by Crippen LogP contribution is 2.03. The molecule has 1 aliphatic heterocycles. The summed E-state index contributed by atoms with van der Waals surface area (Å²) in [7, 11) is 0. The lowest BCUT2D eigenvalue weighted by Crippen LogP contribution is -3.11. The number of Topliss-reactive ketones (excluding diaryl/α,β-unsaturated/α-hetero) is 1. The van der Waals surface area contributed by atoms with Crippen molar-refractivity contribution in [2.75, 3.05) is 19.6 Å². The molecule has 2 N–H and O–H groups in total. The van der Waals surface area contributed by atoms with Gasteiger partial charge in [0, 0.05) is 6.42 Å². The van der Waals surface area contributed by atoms with Crippen LogP contribution in [0.4, 0.5) is 0 Å². The van der Waals surface area contributed by atoms with Crippen molar-refractivity contribution in [3.05, 3.63) is 0 Å². The fourth-order valence-corrected chi connectivity index (χ4v) is 2.64. The maximum atomic E-state index is 11.0. The second-order valence-corrected chi connectivity index (χ2v) is 5.29. The lowest BCUT2D eigenvalue weighted by Gasteiger charge is -2.16. The van der Waals surface area contributed by atoms with Gasteiger partial charge >= 0.3 is 0 Å². The van der Waals surface area contributed by atoms with E-state index in [1.165, 1.54) is 58.2 Å². The van der Waals surface area contributed by atoms with E-state index in [1.54, 1.807) is 4.90 Å². The number of likely N-dealkylation sites (tertiary alicyclic amines) is 1. The molecule has 0 bridgehead atoms. The highest BCUT2D eigenvalue weighted by Gasteiger charge is 2.11. The number of rotatable bonds is 8. The Kier molecular flexibility index (Phi) is 8.47. The molecule has 0 aromatic carbocycles. The Bertz CT molecular complexity index is 246. The normalized spacial score (nSPS) is 18.0. The first-order chi connectivity index (χ1) is 8.83. The Morgan fingerprint density at radius 2 is 1.72 bits per heavy atom. The molecule has 0 unspecified atom stereocenters. The predicted molar refractivity (Wildman–Crippen MR) is 72.4 cm³/mol. The van der Waals surface area contributed by atoms with E-state index in [2.05, 4.69) is 5.16 Å². The van der Waals surface area contributed by atoms with Gasteiger partial charge in [-0.2, -0.15) is 0 Å². The van der Waals surface area contributed by atoms with Crippen molar-refractivity contribution in [2.45, 2.75) is 57.8 Å². The largest absolute Gasteiger partial charge is 0.411 e. The van der Waals surface area contributed by atoms with Crippen LogP contribution < -0.4 is 4.90 Å². The predicted octanol–water partition coefficient (Wildman–Crippen LogP) is 1.42. The fraction of sp³-hybridized carbons (Fsp3) is 0.857. The van der Waals surface area contributed by atoms with Crippen LogP contribution in [0.5, 0.6) is 0 Å². The number of hydrogen-bond donors (Lipinski definition) is 2. The van der Waals surface area contributed by atoms with Crippen LogP contribution in [0.15, 0.2) is 5.16 Å². The number of unbranched alkanes of at least 4 members (excludes halogenated alkanes) is 3. The van der Waals surface area contributed by atoms with Gasteiger partial charge in [0.2, 0.25) is 0 Å². The van der Waals surface area contributed by atoms with E-state index in [4.69, 9.17) is 5.21 Å². The molecular formula is C14H27N2O2+. The van der Waals surface area contributed by atoms with Crippen molar-refractivity contribution in [1.29, 1.82) is 0 Å². The Morgan fingerprint density at radius 1 is 1.06 bits per heavy atom. The first-order valence-electron chi connectivity index (χ1n) is 7.37. The van der Waals surface area contributed by atoms with Crippen LogP contribution in [0.25, 0.3) is 0 Å². The molecule has 0 aromatic rings. The van der Waals surface area contributed by atoms with Gasteiger partial charge < -0.3 is 10.1 Å². The third-order valence-corrected chi connectivity index (χ3v) is 3.72. The standard InChI is InChI=1S/C14H26N2O2/c17-14(13-15-18)9-5-1-2-6-10-16-11-7-3-4-8-12-16/h13,18H,1-12H2/p+1/b15-13-. The van der Waals surface area contributed by atoms with E-state index in [0.29, 0.717) is 6.42 Å². The molecule has 1 rings (SSSR count). The van der Waals surface area contributed by atoms with Gasteiger partial charge in [-0.25, -0.2) is 0 Å². The number of nitrogens with zero attached hydrogens (tertiary/aromatic N) is 1. The van der Waals surface area contributed by atoms with Gasteiger partial charge in [-0.05, 0) is 44.9 Å². The molecule has 18 heavy (non-hydrogen) atoms. The lowest BCUT2D eigenvalue weighted by molar-refractivity contribution is -0.899. The van der Waals surface area contributed by atoms with E-state index in [1.807, 2.05) is 0 Å². The summed E-state index contributed by atoms with van der Waals surface area (Å²) in [6, 6.07) is 0. The third kappa shape index (κ3) is 7.43. The SMILES string of the molecule is O=C(/C=N\O)CCCCCC[NH+]1CCCCCC1. The third-order valence-electron chi connectivity index (χ3n) is 3.72. The molecular weight excluding hydrogens is 228 g/mol. The molecule has 0 radical (unpaired) electrons. The number of quaternary nitrogens is 1. The number of carbonyl (C=O) groups is 1. The summed E-state index contributed by atoms with van der Waals surface area (Å²) < 4.78 is 0. The molecule has 1 aliphatic rings. The number of oxime groups is 1. The molecule has 0 amide bonds. The molecule has 0 aromatic heterocycles. The van der Waals surface area contributed by atoms with Gasteiger partial charge in [0.1, 0.15) is 6.21 Å². The number of ketones is 1. The van der Waals surface area contributed by atoms with Crippen LogP contribution >= 0.6 is 0 Å². The van der Waals surface area contributed by atoms with Gasteiger partial charge in [-0.1, -0.05) is 11.6 Å². The van der Waals surface area contributed by atoms with Crippen LogP contribution in [0.3, 0.4) is 0 Å². The summed E-state index contributed by atoms with van der Waals surface area (Å²) in [6.45, 7) is 4.00. The van der Waals surface area contributed by atoms with E-state index in [0.717, 1.165) is 19.1 Å². The smallest absolute Gasteiger partial charge is 0.177 e. The highest BCUT2D eigenvalue weighted by atomic mass is 16.4. The molecule has 1 fully saturated rings. The average Bonchev–Trinajstić information content (AvgIpc) is 2.62. The van der Waals surface area contributed by atoms with Crippen LogP contribution in [0, 0.1) is 0 Å². The van der Waals surface area contributed by atoms with E-state index in [9.17, 15) is 4.79 Å². The Balaban J connectivity index is 1.93. The molecule has 1 saturated heterocycles. The maximum Gasteiger partial charge on any atom is 0.177 e. The molecule has 0 atom stereocenters. The maximum absolute atomic E-state index is 11.0.